The number of nitrogens with zero attached hydrogens (tertiary/aromatic N) is 3. The van der Waals surface area contributed by atoms with Gasteiger partial charge in [0, 0.05) is 22.3 Å². The molecular formula is C23H27BrN4OS. The molecule has 0 aliphatic carbocycles. The summed E-state index contributed by atoms with van der Waals surface area (Å²) in [5, 5.41) is 12.6. The summed E-state index contributed by atoms with van der Waals surface area (Å²) in [6, 6.07) is 14.1. The highest BCUT2D eigenvalue weighted by Gasteiger charge is 2.17. The van der Waals surface area contributed by atoms with E-state index in [9.17, 15) is 4.79 Å². The number of nitrogens with one attached hydrogen (secondary N) is 1. The minimum atomic E-state index is -0.0412. The fourth-order valence-electron chi connectivity index (χ4n) is 3.30. The van der Waals surface area contributed by atoms with Crippen LogP contribution in [0.25, 0.3) is 11.4 Å². The number of carbonyl (C=O) groups excluding carboxylic acids is 1. The summed E-state index contributed by atoms with van der Waals surface area (Å²) >= 11 is 4.95. The molecule has 3 rings (SSSR count). The summed E-state index contributed by atoms with van der Waals surface area (Å²) in [6.07, 6.45) is 0.853. The molecule has 0 atom stereocenters. The zero-order chi connectivity index (χ0) is 21.7. The van der Waals surface area contributed by atoms with E-state index in [4.69, 9.17) is 0 Å². The second-order valence-corrected chi connectivity index (χ2v) is 9.48. The highest BCUT2D eigenvalue weighted by Crippen LogP contribution is 2.28. The third-order valence-corrected chi connectivity index (χ3v) is 6.08. The van der Waals surface area contributed by atoms with Crippen molar-refractivity contribution < 1.29 is 4.79 Å². The van der Waals surface area contributed by atoms with Crippen LogP contribution < -0.4 is 5.32 Å². The first-order valence-corrected chi connectivity index (χ1v) is 11.9. The monoisotopic (exact) mass is 486 g/mol. The smallest absolute Gasteiger partial charge is 0.234 e. The molecule has 158 valence electrons. The van der Waals surface area contributed by atoms with Gasteiger partial charge in [-0.3, -0.25) is 4.79 Å². The molecule has 0 fully saturated rings. The van der Waals surface area contributed by atoms with E-state index in [1.807, 2.05) is 43.3 Å². The van der Waals surface area contributed by atoms with Gasteiger partial charge in [0.2, 0.25) is 5.91 Å². The third kappa shape index (κ3) is 5.52. The Bertz CT molecular complexity index is 1020. The van der Waals surface area contributed by atoms with Crippen LogP contribution >= 0.6 is 27.7 Å². The summed E-state index contributed by atoms with van der Waals surface area (Å²) in [7, 11) is 0. The predicted octanol–water partition coefficient (Wildman–Crippen LogP) is 5.97. The van der Waals surface area contributed by atoms with Crippen LogP contribution in [0.5, 0.6) is 0 Å². The molecule has 7 heteroatoms. The fourth-order valence-corrected chi connectivity index (χ4v) is 4.67. The van der Waals surface area contributed by atoms with Crippen molar-refractivity contribution in [3.8, 4) is 11.4 Å². The Morgan fingerprint density at radius 2 is 1.93 bits per heavy atom. The van der Waals surface area contributed by atoms with Crippen molar-refractivity contribution >= 4 is 39.3 Å². The largest absolute Gasteiger partial charge is 0.325 e. The molecule has 2 aromatic carbocycles. The molecule has 3 aromatic rings. The quantitative estimate of drug-likeness (QED) is 0.398. The molecule has 0 saturated heterocycles. The number of amides is 1. The number of carbonyl (C=O) groups is 1. The van der Waals surface area contributed by atoms with E-state index in [1.165, 1.54) is 11.8 Å². The van der Waals surface area contributed by atoms with E-state index in [0.29, 0.717) is 5.92 Å². The number of anilines is 1. The second kappa shape index (κ2) is 10.3. The van der Waals surface area contributed by atoms with Gasteiger partial charge >= 0.3 is 0 Å². The Labute approximate surface area is 190 Å². The lowest BCUT2D eigenvalue weighted by Gasteiger charge is -2.14. The second-order valence-electron chi connectivity index (χ2n) is 7.62. The van der Waals surface area contributed by atoms with Crippen molar-refractivity contribution in [3.63, 3.8) is 0 Å². The van der Waals surface area contributed by atoms with Crippen LogP contribution in [0.1, 0.15) is 31.9 Å². The summed E-state index contributed by atoms with van der Waals surface area (Å²) in [6.45, 7) is 9.23. The highest BCUT2D eigenvalue weighted by molar-refractivity contribution is 9.10. The van der Waals surface area contributed by atoms with Crippen molar-refractivity contribution in [3.05, 3.63) is 58.1 Å². The molecule has 0 unspecified atom stereocenters. The minimum Gasteiger partial charge on any atom is -0.325 e. The molecule has 1 amide bonds. The van der Waals surface area contributed by atoms with Gasteiger partial charge in [0.25, 0.3) is 0 Å². The number of aromatic nitrogens is 3. The lowest BCUT2D eigenvalue weighted by molar-refractivity contribution is -0.113. The molecule has 1 aromatic heterocycles. The maximum Gasteiger partial charge on any atom is 0.234 e. The van der Waals surface area contributed by atoms with E-state index in [1.54, 1.807) is 0 Å². The molecule has 30 heavy (non-hydrogen) atoms. The summed E-state index contributed by atoms with van der Waals surface area (Å²) < 4.78 is 3.14. The van der Waals surface area contributed by atoms with Gasteiger partial charge in [0.05, 0.1) is 5.75 Å². The molecule has 0 aliphatic heterocycles. The topological polar surface area (TPSA) is 59.8 Å². The number of thioether (sulfide) groups is 1. The van der Waals surface area contributed by atoms with Crippen LogP contribution in [-0.4, -0.2) is 26.4 Å². The van der Waals surface area contributed by atoms with Gasteiger partial charge in [0.1, 0.15) is 0 Å². The van der Waals surface area contributed by atoms with Crippen LogP contribution in [0.2, 0.25) is 0 Å². The average Bonchev–Trinajstić information content (AvgIpc) is 3.10. The van der Waals surface area contributed by atoms with Gasteiger partial charge in [-0.15, -0.1) is 10.2 Å². The van der Waals surface area contributed by atoms with E-state index >= 15 is 0 Å². The Morgan fingerprint density at radius 3 is 2.60 bits per heavy atom. The van der Waals surface area contributed by atoms with Gasteiger partial charge in [-0.2, -0.15) is 0 Å². The lowest BCUT2D eigenvalue weighted by Crippen LogP contribution is -2.17. The third-order valence-electron chi connectivity index (χ3n) is 4.66. The maximum absolute atomic E-state index is 12.7. The summed E-state index contributed by atoms with van der Waals surface area (Å²) in [5.41, 5.74) is 4.10. The van der Waals surface area contributed by atoms with Gasteiger partial charge in [-0.1, -0.05) is 78.8 Å². The number of aryl methyl sites for hydroxylation is 2. The minimum absolute atomic E-state index is 0.0412. The molecule has 1 N–H and O–H groups in total. The van der Waals surface area contributed by atoms with Crippen LogP contribution in [0.3, 0.4) is 0 Å². The highest BCUT2D eigenvalue weighted by atomic mass is 79.9. The fraction of sp³-hybridized carbons (Fsp3) is 0.348. The number of hydrogen-bond donors (Lipinski definition) is 1. The maximum atomic E-state index is 12.7. The van der Waals surface area contributed by atoms with E-state index in [-0.39, 0.29) is 11.7 Å². The average molecular weight is 487 g/mol. The van der Waals surface area contributed by atoms with Gasteiger partial charge in [-0.25, -0.2) is 0 Å². The SMILES string of the molecule is CCc1cc(Br)cc(C)c1NC(=O)CSc1nnc(-c2ccccc2)n1CC(C)C. The zero-order valence-electron chi connectivity index (χ0n) is 17.8. The first kappa shape index (κ1) is 22.6. The van der Waals surface area contributed by atoms with E-state index < -0.39 is 0 Å². The number of rotatable bonds is 8. The van der Waals surface area contributed by atoms with E-state index in [0.717, 1.165) is 50.8 Å². The predicted molar refractivity (Wildman–Crippen MR) is 128 cm³/mol. The Hall–Kier alpha value is -2.12. The van der Waals surface area contributed by atoms with Gasteiger partial charge < -0.3 is 9.88 Å². The molecule has 5 nitrogen and oxygen atoms in total. The van der Waals surface area contributed by atoms with Crippen molar-refractivity contribution in [2.24, 2.45) is 5.92 Å². The summed E-state index contributed by atoms with van der Waals surface area (Å²) in [4.78, 5) is 12.7. The van der Waals surface area contributed by atoms with Crippen molar-refractivity contribution in [2.45, 2.75) is 45.8 Å². The Balaban J connectivity index is 1.76. The summed E-state index contributed by atoms with van der Waals surface area (Å²) in [5.74, 6) is 1.52. The molecular weight excluding hydrogens is 460 g/mol. The number of hydrogen-bond acceptors (Lipinski definition) is 4. The van der Waals surface area contributed by atoms with Crippen molar-refractivity contribution in [1.29, 1.82) is 0 Å². The Morgan fingerprint density at radius 1 is 1.20 bits per heavy atom. The molecule has 0 bridgehead atoms. The molecule has 0 aliphatic rings. The molecule has 0 saturated carbocycles. The van der Waals surface area contributed by atoms with Crippen LogP contribution in [0.4, 0.5) is 5.69 Å². The molecule has 0 radical (unpaired) electrons. The van der Waals surface area contributed by atoms with Crippen LogP contribution in [0, 0.1) is 12.8 Å². The zero-order valence-corrected chi connectivity index (χ0v) is 20.2. The standard InChI is InChI=1S/C23H27BrN4OS/c1-5-17-12-19(24)11-16(4)21(17)25-20(29)14-30-23-27-26-22(28(23)13-15(2)3)18-9-7-6-8-10-18/h6-12,15H,5,13-14H2,1-4H3,(H,25,29). The van der Waals surface area contributed by atoms with Crippen LogP contribution in [0.15, 0.2) is 52.1 Å². The van der Waals surface area contributed by atoms with Crippen molar-refractivity contribution in [1.82, 2.24) is 14.8 Å². The number of benzene rings is 2. The molecule has 1 heterocycles. The van der Waals surface area contributed by atoms with Crippen LogP contribution in [-0.2, 0) is 17.8 Å². The number of halogens is 1. The van der Waals surface area contributed by atoms with E-state index in [2.05, 4.69) is 62.8 Å². The normalized spacial score (nSPS) is 11.1. The Kier molecular flexibility index (Phi) is 7.72. The first-order valence-electron chi connectivity index (χ1n) is 10.1. The van der Waals surface area contributed by atoms with Crippen molar-refractivity contribution in [2.75, 3.05) is 11.1 Å². The van der Waals surface area contributed by atoms with Gasteiger partial charge in [0.15, 0.2) is 11.0 Å². The molecule has 0 spiro atoms. The lowest BCUT2D eigenvalue weighted by atomic mass is 10.1. The van der Waals surface area contributed by atoms with Gasteiger partial charge in [-0.05, 0) is 42.5 Å². The first-order chi connectivity index (χ1) is 14.4.